The Morgan fingerprint density at radius 2 is 1.10 bits per heavy atom. The number of hydrogen-bond acceptors (Lipinski definition) is 4. The number of carbonyl (C=O) groups excluding carboxylic acids is 1. The summed E-state index contributed by atoms with van der Waals surface area (Å²) in [5, 5.41) is 18.5. The number of esters is 1. The van der Waals surface area contributed by atoms with Crippen LogP contribution < -0.4 is 0 Å². The van der Waals surface area contributed by atoms with Gasteiger partial charge >= 0.3 is 5.97 Å². The molecule has 4 nitrogen and oxygen atoms in total. The van der Waals surface area contributed by atoms with Crippen molar-refractivity contribution in [1.82, 2.24) is 0 Å². The van der Waals surface area contributed by atoms with Crippen molar-refractivity contribution in [2.75, 3.05) is 6.61 Å². The Bertz CT molecular complexity index is 372. The van der Waals surface area contributed by atoms with Crippen molar-refractivity contribution in [3.05, 3.63) is 0 Å². The molecule has 2 unspecified atom stereocenters. The number of hydrogen-bond donors (Lipinski definition) is 2. The van der Waals surface area contributed by atoms with Crippen LogP contribution in [0.1, 0.15) is 149 Å². The minimum Gasteiger partial charge on any atom is -0.462 e. The van der Waals surface area contributed by atoms with Crippen molar-refractivity contribution in [3.63, 3.8) is 0 Å². The molecule has 0 radical (unpaired) electrons. The summed E-state index contributed by atoms with van der Waals surface area (Å²) in [6.07, 6.45) is 23.0. The minimum atomic E-state index is -0.656. The molecule has 186 valence electrons. The third kappa shape index (κ3) is 22.4. The summed E-state index contributed by atoms with van der Waals surface area (Å²) < 4.78 is 5.79. The fourth-order valence-corrected chi connectivity index (χ4v) is 4.09. The van der Waals surface area contributed by atoms with Crippen molar-refractivity contribution in [2.45, 2.75) is 161 Å². The third-order valence-corrected chi connectivity index (χ3v) is 6.19. The molecule has 0 aliphatic heterocycles. The van der Waals surface area contributed by atoms with E-state index in [9.17, 15) is 9.90 Å². The number of aliphatic hydroxyl groups excluding tert-OH is 2. The van der Waals surface area contributed by atoms with Gasteiger partial charge in [0.1, 0.15) is 6.10 Å². The third-order valence-electron chi connectivity index (χ3n) is 6.19. The second-order valence-electron chi connectivity index (χ2n) is 9.37. The molecule has 0 saturated carbocycles. The largest absolute Gasteiger partial charge is 0.462 e. The Balaban J connectivity index is 3.93. The van der Waals surface area contributed by atoms with Gasteiger partial charge in [0.25, 0.3) is 0 Å². The van der Waals surface area contributed by atoms with Gasteiger partial charge in [-0.3, -0.25) is 4.79 Å². The van der Waals surface area contributed by atoms with Gasteiger partial charge in [-0.25, -0.2) is 0 Å². The first-order chi connectivity index (χ1) is 15.1. The second kappa shape index (κ2) is 24.0. The van der Waals surface area contributed by atoms with Gasteiger partial charge in [-0.2, -0.15) is 0 Å². The molecule has 0 aromatic carbocycles. The monoisotopic (exact) mass is 442 g/mol. The zero-order valence-corrected chi connectivity index (χ0v) is 20.9. The average molecular weight is 443 g/mol. The van der Waals surface area contributed by atoms with Crippen LogP contribution in [0.3, 0.4) is 0 Å². The van der Waals surface area contributed by atoms with E-state index in [4.69, 9.17) is 9.84 Å². The molecule has 0 bridgehead atoms. The van der Waals surface area contributed by atoms with Crippen LogP contribution in [-0.2, 0) is 9.53 Å². The SMILES string of the molecule is CCCCCCCCCCCCC(=O)OC(CCCCCCCC)CCCC(O)CO. The molecule has 0 aliphatic carbocycles. The molecule has 2 N–H and O–H groups in total. The summed E-state index contributed by atoms with van der Waals surface area (Å²) in [5.74, 6) is -0.0572. The number of unbranched alkanes of at least 4 members (excludes halogenated alkanes) is 14. The number of rotatable bonds is 24. The smallest absolute Gasteiger partial charge is 0.306 e. The van der Waals surface area contributed by atoms with E-state index in [0.717, 1.165) is 38.5 Å². The zero-order chi connectivity index (χ0) is 23.0. The van der Waals surface area contributed by atoms with Crippen molar-refractivity contribution >= 4 is 5.97 Å². The van der Waals surface area contributed by atoms with Crippen LogP contribution in [0.2, 0.25) is 0 Å². The predicted molar refractivity (Wildman–Crippen MR) is 131 cm³/mol. The van der Waals surface area contributed by atoms with Gasteiger partial charge in [-0.05, 0) is 38.5 Å². The van der Waals surface area contributed by atoms with Gasteiger partial charge < -0.3 is 14.9 Å². The van der Waals surface area contributed by atoms with E-state index in [1.165, 1.54) is 83.5 Å². The summed E-state index contributed by atoms with van der Waals surface area (Å²) in [6.45, 7) is 4.29. The maximum absolute atomic E-state index is 12.3. The second-order valence-corrected chi connectivity index (χ2v) is 9.37. The fraction of sp³-hybridized carbons (Fsp3) is 0.963. The summed E-state index contributed by atoms with van der Waals surface area (Å²) >= 11 is 0. The maximum atomic E-state index is 12.3. The van der Waals surface area contributed by atoms with Crippen molar-refractivity contribution in [1.29, 1.82) is 0 Å². The number of ether oxygens (including phenoxy) is 1. The standard InChI is InChI=1S/C27H54O4/c1-3-5-7-9-11-12-13-14-16-18-23-27(30)31-26(22-19-20-25(29)24-28)21-17-15-10-8-6-4-2/h25-26,28-29H,3-24H2,1-2H3. The lowest BCUT2D eigenvalue weighted by Crippen LogP contribution is -2.20. The normalized spacial score (nSPS) is 13.3. The van der Waals surface area contributed by atoms with Crippen LogP contribution in [0.5, 0.6) is 0 Å². The van der Waals surface area contributed by atoms with Crippen LogP contribution in [0.25, 0.3) is 0 Å². The Hall–Kier alpha value is -0.610. The summed E-state index contributed by atoms with van der Waals surface area (Å²) in [7, 11) is 0. The average Bonchev–Trinajstić information content (AvgIpc) is 2.77. The number of carbonyl (C=O) groups is 1. The fourth-order valence-electron chi connectivity index (χ4n) is 4.09. The van der Waals surface area contributed by atoms with Gasteiger partial charge in [0.05, 0.1) is 12.7 Å². The molecule has 0 fully saturated rings. The van der Waals surface area contributed by atoms with Crippen LogP contribution >= 0.6 is 0 Å². The van der Waals surface area contributed by atoms with Gasteiger partial charge in [0.15, 0.2) is 0 Å². The first-order valence-electron chi connectivity index (χ1n) is 13.6. The molecule has 0 amide bonds. The van der Waals surface area contributed by atoms with E-state index in [-0.39, 0.29) is 18.7 Å². The van der Waals surface area contributed by atoms with Gasteiger partial charge in [-0.1, -0.05) is 104 Å². The van der Waals surface area contributed by atoms with Crippen molar-refractivity contribution < 1.29 is 19.7 Å². The molecule has 31 heavy (non-hydrogen) atoms. The van der Waals surface area contributed by atoms with Crippen molar-refractivity contribution in [3.8, 4) is 0 Å². The number of aliphatic hydroxyl groups is 2. The maximum Gasteiger partial charge on any atom is 0.306 e. The van der Waals surface area contributed by atoms with Crippen LogP contribution in [0.15, 0.2) is 0 Å². The minimum absolute atomic E-state index is 0.0345. The first-order valence-corrected chi connectivity index (χ1v) is 13.6. The van der Waals surface area contributed by atoms with Crippen LogP contribution in [0, 0.1) is 0 Å². The quantitative estimate of drug-likeness (QED) is 0.120. The zero-order valence-electron chi connectivity index (χ0n) is 20.9. The molecule has 0 saturated heterocycles. The molecule has 0 aromatic heterocycles. The van der Waals surface area contributed by atoms with Crippen LogP contribution in [-0.4, -0.2) is 35.0 Å². The Labute approximate surface area is 193 Å². The Morgan fingerprint density at radius 1 is 0.645 bits per heavy atom. The highest BCUT2D eigenvalue weighted by molar-refractivity contribution is 5.69. The van der Waals surface area contributed by atoms with E-state index < -0.39 is 6.10 Å². The van der Waals surface area contributed by atoms with E-state index >= 15 is 0 Å². The molecule has 0 rings (SSSR count). The molecular weight excluding hydrogens is 388 g/mol. The predicted octanol–water partition coefficient (Wildman–Crippen LogP) is 7.48. The van der Waals surface area contributed by atoms with Gasteiger partial charge in [0.2, 0.25) is 0 Å². The first kappa shape index (κ1) is 30.4. The molecular formula is C27H54O4. The highest BCUT2D eigenvalue weighted by Gasteiger charge is 2.15. The lowest BCUT2D eigenvalue weighted by atomic mass is 10.0. The molecule has 0 heterocycles. The van der Waals surface area contributed by atoms with Gasteiger partial charge in [-0.15, -0.1) is 0 Å². The molecule has 0 spiro atoms. The van der Waals surface area contributed by atoms with E-state index in [0.29, 0.717) is 12.8 Å². The van der Waals surface area contributed by atoms with E-state index in [2.05, 4.69) is 13.8 Å². The van der Waals surface area contributed by atoms with Gasteiger partial charge in [0, 0.05) is 6.42 Å². The van der Waals surface area contributed by atoms with Crippen LogP contribution in [0.4, 0.5) is 0 Å². The van der Waals surface area contributed by atoms with E-state index in [1.54, 1.807) is 0 Å². The molecule has 0 aromatic rings. The van der Waals surface area contributed by atoms with E-state index in [1.807, 2.05) is 0 Å². The molecule has 0 aliphatic rings. The lowest BCUT2D eigenvalue weighted by Gasteiger charge is -2.19. The highest BCUT2D eigenvalue weighted by atomic mass is 16.5. The molecule has 4 heteroatoms. The van der Waals surface area contributed by atoms with Crippen molar-refractivity contribution in [2.24, 2.45) is 0 Å². The Morgan fingerprint density at radius 3 is 1.61 bits per heavy atom. The summed E-state index contributed by atoms with van der Waals surface area (Å²) in [4.78, 5) is 12.3. The summed E-state index contributed by atoms with van der Waals surface area (Å²) in [6, 6.07) is 0. The topological polar surface area (TPSA) is 66.8 Å². The lowest BCUT2D eigenvalue weighted by molar-refractivity contribution is -0.150. The summed E-state index contributed by atoms with van der Waals surface area (Å²) in [5.41, 5.74) is 0. The molecule has 2 atom stereocenters. The highest BCUT2D eigenvalue weighted by Crippen LogP contribution is 2.18. The Kier molecular flexibility index (Phi) is 23.6.